The lowest BCUT2D eigenvalue weighted by molar-refractivity contribution is -0.870. The normalized spacial score (nSPS) is 20.6. The van der Waals surface area contributed by atoms with E-state index in [2.05, 4.69) is 38.2 Å². The summed E-state index contributed by atoms with van der Waals surface area (Å²) in [6.45, 7) is 4.00. The van der Waals surface area contributed by atoms with Crippen LogP contribution in [0.1, 0.15) is 162 Å². The molecule has 13 heteroatoms. The number of quaternary nitrogens is 1. The molecule has 4 N–H and O–H groups in total. The third-order valence-corrected chi connectivity index (χ3v) is 11.9. The van der Waals surface area contributed by atoms with E-state index in [-0.39, 0.29) is 44.3 Å². The first-order valence-corrected chi connectivity index (χ1v) is 25.1. The number of phosphoric ester groups is 1. The van der Waals surface area contributed by atoms with Crippen molar-refractivity contribution in [3.63, 3.8) is 0 Å². The van der Waals surface area contributed by atoms with E-state index in [1.54, 1.807) is 6.08 Å². The molecule has 0 aromatic rings. The molecule has 0 spiro atoms. The Morgan fingerprint density at radius 2 is 1.31 bits per heavy atom. The number of aliphatic hydroxyl groups is 3. The molecule has 0 bridgehead atoms. The predicted octanol–water partition coefficient (Wildman–Crippen LogP) is 9.85. The van der Waals surface area contributed by atoms with E-state index < -0.39 is 50.8 Å². The Hall–Kier alpha value is -2.15. The highest BCUT2D eigenvalue weighted by atomic mass is 31.2. The monoisotopic (exact) mass is 885 g/mol. The molecule has 61 heavy (non-hydrogen) atoms. The number of ether oxygens (including phenoxy) is 2. The maximum atomic E-state index is 12.8. The molecule has 1 fully saturated rings. The van der Waals surface area contributed by atoms with Gasteiger partial charge in [0, 0.05) is 25.2 Å². The fourth-order valence-corrected chi connectivity index (χ4v) is 7.84. The van der Waals surface area contributed by atoms with Crippen molar-refractivity contribution in [3.8, 4) is 0 Å². The number of hydrogen-bond donors (Lipinski definition) is 4. The Bertz CT molecular complexity index is 1300. The summed E-state index contributed by atoms with van der Waals surface area (Å²) in [4.78, 5) is 35.6. The number of nitrogens with zero attached hydrogens (tertiary/aromatic N) is 1. The van der Waals surface area contributed by atoms with Gasteiger partial charge in [-0.25, -0.2) is 4.57 Å². The minimum atomic E-state index is -4.45. The molecule has 1 unspecified atom stereocenters. The number of hydrogen-bond acceptors (Lipinski definition) is 10. The zero-order valence-electron chi connectivity index (χ0n) is 38.7. The van der Waals surface area contributed by atoms with Crippen LogP contribution < -0.4 is 0 Å². The molecule has 0 amide bonds. The van der Waals surface area contributed by atoms with Crippen LogP contribution in [0.2, 0.25) is 0 Å². The van der Waals surface area contributed by atoms with Crippen molar-refractivity contribution in [2.24, 2.45) is 11.8 Å². The second-order valence-corrected chi connectivity index (χ2v) is 19.2. The highest BCUT2D eigenvalue weighted by molar-refractivity contribution is 7.47. The van der Waals surface area contributed by atoms with Crippen molar-refractivity contribution >= 4 is 19.8 Å². The average Bonchev–Trinajstić information content (AvgIpc) is 3.47. The summed E-state index contributed by atoms with van der Waals surface area (Å²) in [5.41, 5.74) is 0. The van der Waals surface area contributed by atoms with E-state index in [1.165, 1.54) is 44.9 Å². The van der Waals surface area contributed by atoms with Crippen LogP contribution in [0.3, 0.4) is 0 Å². The van der Waals surface area contributed by atoms with Crippen LogP contribution in [0.5, 0.6) is 0 Å². The molecule has 7 atom stereocenters. The third-order valence-electron chi connectivity index (χ3n) is 10.9. The van der Waals surface area contributed by atoms with E-state index >= 15 is 0 Å². The van der Waals surface area contributed by atoms with Gasteiger partial charge in [0.15, 0.2) is 6.10 Å². The van der Waals surface area contributed by atoms with Gasteiger partial charge in [-0.3, -0.25) is 18.6 Å². The zero-order chi connectivity index (χ0) is 45.2. The number of phosphoric acid groups is 1. The maximum Gasteiger partial charge on any atom is 0.472 e. The quantitative estimate of drug-likeness (QED) is 0.0153. The number of rotatable bonds is 38. The van der Waals surface area contributed by atoms with Crippen LogP contribution in [0.25, 0.3) is 0 Å². The van der Waals surface area contributed by atoms with Crippen molar-refractivity contribution in [1.29, 1.82) is 0 Å². The van der Waals surface area contributed by atoms with Gasteiger partial charge in [0.25, 0.3) is 0 Å². The molecule has 354 valence electrons. The maximum absolute atomic E-state index is 12.8. The number of likely N-dealkylation sites (N-methyl/N-ethyl adjacent to an activating group) is 1. The molecule has 1 rings (SSSR count). The molecular formula is C48H87NO11P+. The van der Waals surface area contributed by atoms with Crippen LogP contribution in [-0.2, 0) is 32.7 Å². The van der Waals surface area contributed by atoms with Crippen molar-refractivity contribution in [1.82, 2.24) is 0 Å². The largest absolute Gasteiger partial charge is 0.472 e. The van der Waals surface area contributed by atoms with Crippen LogP contribution >= 0.6 is 7.82 Å². The highest BCUT2D eigenvalue weighted by Crippen LogP contribution is 2.43. The van der Waals surface area contributed by atoms with Crippen LogP contribution in [0, 0.1) is 11.8 Å². The van der Waals surface area contributed by atoms with Gasteiger partial charge in [0.1, 0.15) is 19.8 Å². The van der Waals surface area contributed by atoms with E-state index in [9.17, 15) is 34.4 Å². The first-order chi connectivity index (χ1) is 29.2. The van der Waals surface area contributed by atoms with Gasteiger partial charge in [-0.1, -0.05) is 127 Å². The molecule has 0 aliphatic heterocycles. The Morgan fingerprint density at radius 3 is 1.98 bits per heavy atom. The molecule has 1 aliphatic rings. The number of allylic oxidation sites excluding steroid dienone is 6. The Morgan fingerprint density at radius 1 is 0.721 bits per heavy atom. The lowest BCUT2D eigenvalue weighted by atomic mass is 9.89. The third kappa shape index (κ3) is 32.2. The number of carbonyl (C=O) groups excluding carboxylic acids is 2. The molecular weight excluding hydrogens is 797 g/mol. The van der Waals surface area contributed by atoms with Crippen molar-refractivity contribution < 1.29 is 57.4 Å². The lowest BCUT2D eigenvalue weighted by Gasteiger charge is -2.24. The zero-order valence-corrected chi connectivity index (χ0v) is 39.6. The fraction of sp³-hybridized carbons (Fsp3) is 0.792. The first-order valence-electron chi connectivity index (χ1n) is 23.6. The van der Waals surface area contributed by atoms with Gasteiger partial charge < -0.3 is 34.2 Å². The van der Waals surface area contributed by atoms with Crippen molar-refractivity contribution in [2.45, 2.75) is 186 Å². The molecule has 1 aliphatic carbocycles. The minimum Gasteiger partial charge on any atom is -0.462 e. The Kier molecular flexibility index (Phi) is 32.8. The molecule has 12 nitrogen and oxygen atoms in total. The second-order valence-electron chi connectivity index (χ2n) is 17.8. The van der Waals surface area contributed by atoms with E-state index in [4.69, 9.17) is 18.5 Å². The predicted molar refractivity (Wildman–Crippen MR) is 245 cm³/mol. The van der Waals surface area contributed by atoms with Crippen molar-refractivity contribution in [2.75, 3.05) is 47.5 Å². The molecule has 0 aromatic heterocycles. The minimum absolute atomic E-state index is 0.0150. The SMILES string of the molecule is CCCCC/C=C\C/C=C\CCCCCCCCCC(=O)OC[C@H](COP(=O)(O)OCC[N+](C)(C)C)OC(=O)CCC/C=C/C[C@@H]1[C@@H](/C=C/[C@@H](O)CCCCC)[C@H](O)C[C@@H]1O. The summed E-state index contributed by atoms with van der Waals surface area (Å²) in [6, 6.07) is 0. The smallest absolute Gasteiger partial charge is 0.462 e. The molecule has 0 radical (unpaired) electrons. The molecule has 0 heterocycles. The highest BCUT2D eigenvalue weighted by Gasteiger charge is 2.39. The van der Waals surface area contributed by atoms with E-state index in [0.29, 0.717) is 43.1 Å². The Balaban J connectivity index is 2.48. The molecule has 1 saturated carbocycles. The van der Waals surface area contributed by atoms with Gasteiger partial charge in [0.05, 0.1) is 46.1 Å². The van der Waals surface area contributed by atoms with Gasteiger partial charge >= 0.3 is 19.8 Å². The number of aliphatic hydroxyl groups excluding tert-OH is 3. The first kappa shape index (κ1) is 56.9. The Labute approximate surface area is 370 Å². The number of carbonyl (C=O) groups is 2. The lowest BCUT2D eigenvalue weighted by Crippen LogP contribution is -2.37. The summed E-state index contributed by atoms with van der Waals surface area (Å²) >= 11 is 0. The second kappa shape index (κ2) is 35.2. The summed E-state index contributed by atoms with van der Waals surface area (Å²) in [5.74, 6) is -1.42. The average molecular weight is 885 g/mol. The fourth-order valence-electron chi connectivity index (χ4n) is 7.10. The van der Waals surface area contributed by atoms with Crippen LogP contribution in [-0.4, -0.2) is 109 Å². The number of unbranched alkanes of at least 4 members (excludes halogenated alkanes) is 13. The molecule has 0 aromatic carbocycles. The number of esters is 2. The van der Waals surface area contributed by atoms with Crippen molar-refractivity contribution in [3.05, 3.63) is 48.6 Å². The topological polar surface area (TPSA) is 169 Å². The standard InChI is InChI=1S/C48H86NO11P/c1-6-8-10-11-12-13-14-15-16-17-18-19-20-21-22-23-28-32-47(53)57-39-42(40-59-61(55,56)58-37-36-49(3,4)5)60-48(54)33-29-25-24-27-31-43-44(46(52)38-45(43)51)35-34-41(50)30-26-9-7-2/h12-13,15-16,24,27,34-35,41-46,50-52H,6-11,14,17-23,25-26,28-33,36-40H2,1-5H3/p+1/b13-12-,16-15-,27-24+,35-34+/t41-,42+,43+,44+,45-,46+/m0/s1. The van der Waals surface area contributed by atoms with Crippen LogP contribution in [0.4, 0.5) is 0 Å². The van der Waals surface area contributed by atoms with E-state index in [1.807, 2.05) is 39.4 Å². The van der Waals surface area contributed by atoms with Crippen LogP contribution in [0.15, 0.2) is 48.6 Å². The van der Waals surface area contributed by atoms with Gasteiger partial charge in [0.2, 0.25) is 0 Å². The van der Waals surface area contributed by atoms with Gasteiger partial charge in [-0.05, 0) is 70.1 Å². The van der Waals surface area contributed by atoms with Gasteiger partial charge in [-0.2, -0.15) is 0 Å². The summed E-state index contributed by atoms with van der Waals surface area (Å²) in [7, 11) is 1.32. The molecule has 0 saturated heterocycles. The summed E-state index contributed by atoms with van der Waals surface area (Å²) < 4.78 is 34.3. The summed E-state index contributed by atoms with van der Waals surface area (Å²) in [5, 5.41) is 31.4. The van der Waals surface area contributed by atoms with Gasteiger partial charge in [-0.15, -0.1) is 0 Å². The summed E-state index contributed by atoms with van der Waals surface area (Å²) in [6.07, 6.45) is 33.9. The van der Waals surface area contributed by atoms with E-state index in [0.717, 1.165) is 51.4 Å².